The number of para-hydroxylation sites is 1. The van der Waals surface area contributed by atoms with Crippen LogP contribution < -0.4 is 15.4 Å². The number of aliphatic imine (C=N–C) groups is 1. The number of benzene rings is 1. The molecule has 1 aliphatic heterocycles. The van der Waals surface area contributed by atoms with E-state index in [4.69, 9.17) is 0 Å². The lowest BCUT2D eigenvalue weighted by Crippen LogP contribution is -2.41. The average Bonchev–Trinajstić information content (AvgIpc) is 3.08. The number of carbonyl (C=O) groups excluding carboxylic acids is 1. The van der Waals surface area contributed by atoms with Gasteiger partial charge < -0.3 is 20.3 Å². The zero-order chi connectivity index (χ0) is 19.6. The molecule has 1 atom stereocenters. The summed E-state index contributed by atoms with van der Waals surface area (Å²) in [7, 11) is 1.65. The predicted molar refractivity (Wildman–Crippen MR) is 101 cm³/mol. The molecule has 1 fully saturated rings. The minimum Gasteiger partial charge on any atom is -0.434 e. The summed E-state index contributed by atoms with van der Waals surface area (Å²) in [5.74, 6) is 0.957. The van der Waals surface area contributed by atoms with Crippen molar-refractivity contribution in [2.45, 2.75) is 51.8 Å². The summed E-state index contributed by atoms with van der Waals surface area (Å²) in [6, 6.07) is 6.89. The summed E-state index contributed by atoms with van der Waals surface area (Å²) in [6.45, 7) is 1.04. The second-order valence-electron chi connectivity index (χ2n) is 6.38. The molecule has 1 aliphatic rings. The molecule has 2 N–H and O–H groups in total. The Bertz CT molecular complexity index is 640. The van der Waals surface area contributed by atoms with E-state index in [1.165, 1.54) is 6.07 Å². The molecule has 6 nitrogen and oxygen atoms in total. The van der Waals surface area contributed by atoms with E-state index in [1.54, 1.807) is 25.2 Å². The van der Waals surface area contributed by atoms with Crippen LogP contribution >= 0.6 is 0 Å². The fraction of sp³-hybridized carbons (Fsp3) is 0.579. The molecule has 8 heteroatoms. The molecular formula is C19H28F2N4O2. The smallest absolute Gasteiger partial charge is 0.387 e. The lowest BCUT2D eigenvalue weighted by atomic mass is 10.1. The van der Waals surface area contributed by atoms with E-state index in [9.17, 15) is 13.6 Å². The molecule has 0 spiro atoms. The van der Waals surface area contributed by atoms with E-state index in [0.29, 0.717) is 31.0 Å². The number of rotatable bonds is 9. The number of likely N-dealkylation sites (tertiary alicyclic amines) is 1. The first kappa shape index (κ1) is 20.9. The molecule has 1 aromatic carbocycles. The number of nitrogens with zero attached hydrogens (tertiary/aromatic N) is 2. The van der Waals surface area contributed by atoms with Crippen LogP contribution in [-0.4, -0.2) is 49.6 Å². The van der Waals surface area contributed by atoms with Crippen LogP contribution in [0.5, 0.6) is 5.75 Å². The second kappa shape index (κ2) is 10.7. The van der Waals surface area contributed by atoms with Gasteiger partial charge in [-0.05, 0) is 25.3 Å². The maximum absolute atomic E-state index is 12.5. The lowest BCUT2D eigenvalue weighted by Gasteiger charge is -2.27. The standard InChI is InChI=1S/C19H28F2N4O2/c1-3-15(25-12-6-9-17(25)26)10-11-23-19(22-2)24-13-14-7-4-5-8-16(14)27-18(20)21/h4-5,7-8,15,18H,3,6,9-13H2,1-2H3,(H2,22,23,24). The van der Waals surface area contributed by atoms with Gasteiger partial charge >= 0.3 is 6.61 Å². The summed E-state index contributed by atoms with van der Waals surface area (Å²) in [5, 5.41) is 6.32. The Hall–Kier alpha value is -2.38. The van der Waals surface area contributed by atoms with Crippen LogP contribution in [0.15, 0.2) is 29.3 Å². The molecule has 27 heavy (non-hydrogen) atoms. The van der Waals surface area contributed by atoms with Crippen molar-refractivity contribution < 1.29 is 18.3 Å². The largest absolute Gasteiger partial charge is 0.434 e. The SMILES string of the molecule is CCC(CCNC(=NC)NCc1ccccc1OC(F)F)N1CCCC1=O. The zero-order valence-electron chi connectivity index (χ0n) is 15.9. The average molecular weight is 382 g/mol. The molecule has 0 aromatic heterocycles. The van der Waals surface area contributed by atoms with E-state index in [-0.39, 0.29) is 17.7 Å². The number of amides is 1. The van der Waals surface area contributed by atoms with Crippen molar-refractivity contribution in [1.29, 1.82) is 0 Å². The normalized spacial score (nSPS) is 16.0. The van der Waals surface area contributed by atoms with Crippen molar-refractivity contribution in [1.82, 2.24) is 15.5 Å². The molecule has 0 aliphatic carbocycles. The van der Waals surface area contributed by atoms with E-state index in [2.05, 4.69) is 27.3 Å². The Kier molecular flexibility index (Phi) is 8.29. The molecule has 0 radical (unpaired) electrons. The fourth-order valence-electron chi connectivity index (χ4n) is 3.25. The molecule has 1 amide bonds. The third-order valence-electron chi connectivity index (χ3n) is 4.65. The summed E-state index contributed by atoms with van der Waals surface area (Å²) in [6.07, 6.45) is 3.32. The summed E-state index contributed by atoms with van der Waals surface area (Å²) >= 11 is 0. The molecule has 0 bridgehead atoms. The van der Waals surface area contributed by atoms with Crippen LogP contribution in [0.25, 0.3) is 0 Å². The molecule has 1 aromatic rings. The Balaban J connectivity index is 1.82. The van der Waals surface area contributed by atoms with E-state index in [1.807, 2.05) is 4.90 Å². The van der Waals surface area contributed by atoms with Crippen molar-refractivity contribution in [3.63, 3.8) is 0 Å². The number of ether oxygens (including phenoxy) is 1. The van der Waals surface area contributed by atoms with Gasteiger partial charge in [-0.3, -0.25) is 9.79 Å². The first-order valence-corrected chi connectivity index (χ1v) is 9.31. The Morgan fingerprint density at radius 3 is 2.74 bits per heavy atom. The van der Waals surface area contributed by atoms with E-state index < -0.39 is 6.61 Å². The third-order valence-corrected chi connectivity index (χ3v) is 4.65. The van der Waals surface area contributed by atoms with Gasteiger partial charge in [0.1, 0.15) is 5.75 Å². The summed E-state index contributed by atoms with van der Waals surface area (Å²) in [5.41, 5.74) is 0.620. The first-order chi connectivity index (χ1) is 13.0. The van der Waals surface area contributed by atoms with Crippen molar-refractivity contribution in [2.75, 3.05) is 20.1 Å². The summed E-state index contributed by atoms with van der Waals surface area (Å²) in [4.78, 5) is 18.0. The monoisotopic (exact) mass is 382 g/mol. The third kappa shape index (κ3) is 6.37. The van der Waals surface area contributed by atoms with E-state index >= 15 is 0 Å². The maximum atomic E-state index is 12.5. The highest BCUT2D eigenvalue weighted by molar-refractivity contribution is 5.80. The fourth-order valence-corrected chi connectivity index (χ4v) is 3.25. The topological polar surface area (TPSA) is 66.0 Å². The van der Waals surface area contributed by atoms with Crippen LogP contribution in [-0.2, 0) is 11.3 Å². The van der Waals surface area contributed by atoms with Crippen molar-refractivity contribution in [2.24, 2.45) is 4.99 Å². The summed E-state index contributed by atoms with van der Waals surface area (Å²) < 4.78 is 29.5. The van der Waals surface area contributed by atoms with Gasteiger partial charge in [-0.15, -0.1) is 0 Å². The number of nitrogens with one attached hydrogen (secondary N) is 2. The molecule has 1 heterocycles. The van der Waals surface area contributed by atoms with Gasteiger partial charge in [-0.1, -0.05) is 25.1 Å². The van der Waals surface area contributed by atoms with Crippen LogP contribution in [0.1, 0.15) is 38.2 Å². The number of halogens is 2. The quantitative estimate of drug-likeness (QED) is 0.509. The van der Waals surface area contributed by atoms with Gasteiger partial charge in [0.05, 0.1) is 0 Å². The molecule has 0 saturated carbocycles. The van der Waals surface area contributed by atoms with Crippen LogP contribution in [0.2, 0.25) is 0 Å². The van der Waals surface area contributed by atoms with Crippen molar-refractivity contribution in [3.8, 4) is 5.75 Å². The van der Waals surface area contributed by atoms with Crippen molar-refractivity contribution >= 4 is 11.9 Å². The number of alkyl halides is 2. The van der Waals surface area contributed by atoms with Gasteiger partial charge in [0.15, 0.2) is 5.96 Å². The number of guanidine groups is 1. The van der Waals surface area contributed by atoms with Gasteiger partial charge in [0.25, 0.3) is 0 Å². The molecule has 150 valence electrons. The molecule has 2 rings (SSSR count). The Morgan fingerprint density at radius 1 is 1.33 bits per heavy atom. The Morgan fingerprint density at radius 2 is 2.11 bits per heavy atom. The maximum Gasteiger partial charge on any atom is 0.387 e. The highest BCUT2D eigenvalue weighted by atomic mass is 19.3. The number of hydrogen-bond acceptors (Lipinski definition) is 3. The van der Waals surface area contributed by atoms with Crippen molar-refractivity contribution in [3.05, 3.63) is 29.8 Å². The van der Waals surface area contributed by atoms with Gasteiger partial charge in [-0.2, -0.15) is 8.78 Å². The molecule has 1 unspecified atom stereocenters. The minimum absolute atomic E-state index is 0.147. The Labute approximate surface area is 159 Å². The highest BCUT2D eigenvalue weighted by Gasteiger charge is 2.26. The van der Waals surface area contributed by atoms with E-state index in [0.717, 1.165) is 25.8 Å². The lowest BCUT2D eigenvalue weighted by molar-refractivity contribution is -0.129. The highest BCUT2D eigenvalue weighted by Crippen LogP contribution is 2.20. The van der Waals surface area contributed by atoms with Crippen LogP contribution in [0.4, 0.5) is 8.78 Å². The van der Waals surface area contributed by atoms with Gasteiger partial charge in [0, 0.05) is 44.7 Å². The number of hydrogen-bond donors (Lipinski definition) is 2. The van der Waals surface area contributed by atoms with Crippen LogP contribution in [0, 0.1) is 0 Å². The van der Waals surface area contributed by atoms with Gasteiger partial charge in [-0.25, -0.2) is 0 Å². The predicted octanol–water partition coefficient (Wildman–Crippen LogP) is 2.74. The molecular weight excluding hydrogens is 354 g/mol. The molecule has 1 saturated heterocycles. The zero-order valence-corrected chi connectivity index (χ0v) is 15.9. The first-order valence-electron chi connectivity index (χ1n) is 9.31. The minimum atomic E-state index is -2.86. The van der Waals surface area contributed by atoms with Crippen LogP contribution in [0.3, 0.4) is 0 Å². The second-order valence-corrected chi connectivity index (χ2v) is 6.38. The van der Waals surface area contributed by atoms with Gasteiger partial charge in [0.2, 0.25) is 5.91 Å². The number of carbonyl (C=O) groups is 1.